The maximum atomic E-state index is 10.8. The van der Waals surface area contributed by atoms with E-state index >= 15 is 0 Å². The highest BCUT2D eigenvalue weighted by Crippen LogP contribution is 2.31. The molecule has 0 aliphatic carbocycles. The number of aromatic nitrogens is 1. The van der Waals surface area contributed by atoms with Crippen LogP contribution in [0.2, 0.25) is 0 Å². The molecule has 3 N–H and O–H groups in total. The number of benzene rings is 1. The van der Waals surface area contributed by atoms with Crippen molar-refractivity contribution in [1.82, 2.24) is 4.98 Å². The molecule has 92 valence electrons. The van der Waals surface area contributed by atoms with Crippen LogP contribution < -0.4 is 5.73 Å². The molecule has 0 radical (unpaired) electrons. The van der Waals surface area contributed by atoms with Gasteiger partial charge < -0.3 is 10.8 Å². The minimum absolute atomic E-state index is 0.0904. The minimum atomic E-state index is -1.03. The number of nitrogen functional groups attached to an aromatic ring is 1. The highest BCUT2D eigenvalue weighted by atomic mass is 79.9. The van der Waals surface area contributed by atoms with Gasteiger partial charge in [-0.2, -0.15) is 0 Å². The fourth-order valence-electron chi connectivity index (χ4n) is 1.29. The van der Waals surface area contributed by atoms with Gasteiger partial charge in [0.1, 0.15) is 5.03 Å². The molecule has 4 nitrogen and oxygen atoms in total. The van der Waals surface area contributed by atoms with Crippen molar-refractivity contribution in [2.24, 2.45) is 0 Å². The summed E-state index contributed by atoms with van der Waals surface area (Å²) in [5.41, 5.74) is 6.24. The molecule has 6 heteroatoms. The van der Waals surface area contributed by atoms with Crippen molar-refractivity contribution in [3.8, 4) is 0 Å². The number of aromatic carboxylic acids is 1. The SMILES string of the molecule is Nc1cc(C(=O)O)cnc1Sc1ccc(Br)cc1. The van der Waals surface area contributed by atoms with Crippen molar-refractivity contribution in [3.63, 3.8) is 0 Å². The Labute approximate surface area is 116 Å². The Balaban J connectivity index is 2.24. The van der Waals surface area contributed by atoms with E-state index in [1.165, 1.54) is 24.0 Å². The van der Waals surface area contributed by atoms with E-state index in [2.05, 4.69) is 20.9 Å². The number of nitrogens with zero attached hydrogens (tertiary/aromatic N) is 1. The molecule has 1 heterocycles. The number of nitrogens with two attached hydrogens (primary N) is 1. The smallest absolute Gasteiger partial charge is 0.337 e. The second-order valence-corrected chi connectivity index (χ2v) is 5.46. The molecule has 2 aromatic rings. The van der Waals surface area contributed by atoms with Gasteiger partial charge in [0.25, 0.3) is 0 Å². The summed E-state index contributed by atoms with van der Waals surface area (Å²) in [6, 6.07) is 9.12. The lowest BCUT2D eigenvalue weighted by Crippen LogP contribution is -2.00. The summed E-state index contributed by atoms with van der Waals surface area (Å²) in [6.07, 6.45) is 1.31. The molecule has 18 heavy (non-hydrogen) atoms. The van der Waals surface area contributed by atoms with Crippen molar-refractivity contribution in [2.45, 2.75) is 9.92 Å². The van der Waals surface area contributed by atoms with Gasteiger partial charge in [-0.1, -0.05) is 27.7 Å². The van der Waals surface area contributed by atoms with E-state index < -0.39 is 5.97 Å². The van der Waals surface area contributed by atoms with Crippen LogP contribution in [0.4, 0.5) is 5.69 Å². The molecule has 0 bridgehead atoms. The molecule has 0 aliphatic heterocycles. The Morgan fingerprint density at radius 2 is 2.00 bits per heavy atom. The van der Waals surface area contributed by atoms with Crippen LogP contribution in [-0.2, 0) is 0 Å². The lowest BCUT2D eigenvalue weighted by Gasteiger charge is -2.05. The number of rotatable bonds is 3. The monoisotopic (exact) mass is 324 g/mol. The molecule has 0 saturated heterocycles. The number of hydrogen-bond acceptors (Lipinski definition) is 4. The number of halogens is 1. The fraction of sp³-hybridized carbons (Fsp3) is 0. The van der Waals surface area contributed by atoms with E-state index in [0.29, 0.717) is 10.7 Å². The molecule has 0 fully saturated rings. The minimum Gasteiger partial charge on any atom is -0.478 e. The molecule has 1 aromatic heterocycles. The van der Waals surface area contributed by atoms with Gasteiger partial charge in [-0.3, -0.25) is 0 Å². The molecule has 0 spiro atoms. The van der Waals surface area contributed by atoms with Crippen LogP contribution in [0.15, 0.2) is 50.9 Å². The average Bonchev–Trinajstić information content (AvgIpc) is 2.34. The molecule has 1 aromatic carbocycles. The van der Waals surface area contributed by atoms with Crippen LogP contribution in [0.1, 0.15) is 10.4 Å². The second-order valence-electron chi connectivity index (χ2n) is 3.48. The standard InChI is InChI=1S/C12H9BrN2O2S/c13-8-1-3-9(4-2-8)18-11-10(14)5-7(6-15-11)12(16)17/h1-6H,14H2,(H,16,17). The number of carboxylic acids is 1. The third-order valence-electron chi connectivity index (χ3n) is 2.15. The van der Waals surface area contributed by atoms with Crippen LogP contribution in [-0.4, -0.2) is 16.1 Å². The number of pyridine rings is 1. The van der Waals surface area contributed by atoms with Crippen molar-refractivity contribution in [2.75, 3.05) is 5.73 Å². The number of anilines is 1. The van der Waals surface area contributed by atoms with Gasteiger partial charge in [-0.25, -0.2) is 9.78 Å². The summed E-state index contributed by atoms with van der Waals surface area (Å²) < 4.78 is 0.994. The Morgan fingerprint density at radius 3 is 2.56 bits per heavy atom. The molecule has 0 amide bonds. The van der Waals surface area contributed by atoms with Crippen molar-refractivity contribution >= 4 is 39.3 Å². The second kappa shape index (κ2) is 5.41. The zero-order valence-corrected chi connectivity index (χ0v) is 11.5. The fourth-order valence-corrected chi connectivity index (χ4v) is 2.33. The molecule has 0 aliphatic rings. The molecule has 0 saturated carbocycles. The summed E-state index contributed by atoms with van der Waals surface area (Å²) in [5.74, 6) is -1.03. The van der Waals surface area contributed by atoms with Gasteiger partial charge in [0.15, 0.2) is 0 Å². The lowest BCUT2D eigenvalue weighted by atomic mass is 10.3. The first-order chi connectivity index (χ1) is 8.56. The highest BCUT2D eigenvalue weighted by Gasteiger charge is 2.08. The molecular weight excluding hydrogens is 316 g/mol. The Kier molecular flexibility index (Phi) is 3.88. The summed E-state index contributed by atoms with van der Waals surface area (Å²) in [5, 5.41) is 9.41. The Morgan fingerprint density at radius 1 is 1.33 bits per heavy atom. The Hall–Kier alpha value is -1.53. The van der Waals surface area contributed by atoms with Crippen molar-refractivity contribution in [3.05, 3.63) is 46.6 Å². The normalized spacial score (nSPS) is 10.3. The first-order valence-electron chi connectivity index (χ1n) is 4.98. The summed E-state index contributed by atoms with van der Waals surface area (Å²) >= 11 is 4.75. The van der Waals surface area contributed by atoms with Gasteiger partial charge in [0, 0.05) is 15.6 Å². The van der Waals surface area contributed by atoms with Crippen LogP contribution >= 0.6 is 27.7 Å². The number of carboxylic acid groups (broad SMARTS) is 1. The van der Waals surface area contributed by atoms with E-state index in [1.807, 2.05) is 24.3 Å². The van der Waals surface area contributed by atoms with Crippen LogP contribution in [0, 0.1) is 0 Å². The molecule has 0 atom stereocenters. The van der Waals surface area contributed by atoms with E-state index in [9.17, 15) is 4.79 Å². The van der Waals surface area contributed by atoms with E-state index in [-0.39, 0.29) is 5.56 Å². The molecular formula is C12H9BrN2O2S. The average molecular weight is 325 g/mol. The van der Waals surface area contributed by atoms with E-state index in [4.69, 9.17) is 10.8 Å². The molecule has 2 rings (SSSR count). The van der Waals surface area contributed by atoms with Crippen LogP contribution in [0.25, 0.3) is 0 Å². The number of hydrogen-bond donors (Lipinski definition) is 2. The van der Waals surface area contributed by atoms with Gasteiger partial charge >= 0.3 is 5.97 Å². The zero-order valence-electron chi connectivity index (χ0n) is 9.13. The van der Waals surface area contributed by atoms with Crippen molar-refractivity contribution < 1.29 is 9.90 Å². The van der Waals surface area contributed by atoms with Gasteiger partial charge in [0.2, 0.25) is 0 Å². The Bertz CT molecular complexity index is 587. The summed E-state index contributed by atoms with van der Waals surface area (Å²) in [7, 11) is 0. The maximum absolute atomic E-state index is 10.8. The molecule has 0 unspecified atom stereocenters. The zero-order chi connectivity index (χ0) is 13.1. The van der Waals surface area contributed by atoms with Gasteiger partial charge in [-0.05, 0) is 30.3 Å². The maximum Gasteiger partial charge on any atom is 0.337 e. The summed E-state index contributed by atoms with van der Waals surface area (Å²) in [6.45, 7) is 0. The van der Waals surface area contributed by atoms with Crippen molar-refractivity contribution in [1.29, 1.82) is 0 Å². The van der Waals surface area contributed by atoms with Crippen LogP contribution in [0.3, 0.4) is 0 Å². The third kappa shape index (κ3) is 3.02. The lowest BCUT2D eigenvalue weighted by molar-refractivity contribution is 0.0696. The third-order valence-corrected chi connectivity index (χ3v) is 3.72. The van der Waals surface area contributed by atoms with Gasteiger partial charge in [-0.15, -0.1) is 0 Å². The van der Waals surface area contributed by atoms with E-state index in [0.717, 1.165) is 9.37 Å². The van der Waals surface area contributed by atoms with Gasteiger partial charge in [0.05, 0.1) is 11.3 Å². The van der Waals surface area contributed by atoms with Crippen LogP contribution in [0.5, 0.6) is 0 Å². The first kappa shape index (κ1) is 12.9. The number of carbonyl (C=O) groups is 1. The summed E-state index contributed by atoms with van der Waals surface area (Å²) in [4.78, 5) is 15.8. The predicted molar refractivity (Wildman–Crippen MR) is 73.9 cm³/mol. The van der Waals surface area contributed by atoms with E-state index in [1.54, 1.807) is 0 Å². The first-order valence-corrected chi connectivity index (χ1v) is 6.59. The topological polar surface area (TPSA) is 76.2 Å². The quantitative estimate of drug-likeness (QED) is 0.906. The highest BCUT2D eigenvalue weighted by molar-refractivity contribution is 9.10. The largest absolute Gasteiger partial charge is 0.478 e. The predicted octanol–water partition coefficient (Wildman–Crippen LogP) is 3.28.